The van der Waals surface area contributed by atoms with Gasteiger partial charge in [0.05, 0.1) is 0 Å². The number of likely N-dealkylation sites (N-methyl/N-ethyl adjacent to an activating group) is 1. The summed E-state index contributed by atoms with van der Waals surface area (Å²) in [6.45, 7) is 14.0. The van der Waals surface area contributed by atoms with Gasteiger partial charge in [0.1, 0.15) is 0 Å². The van der Waals surface area contributed by atoms with Crippen LogP contribution in [0, 0.1) is 0 Å². The van der Waals surface area contributed by atoms with E-state index in [-0.39, 0.29) is 0 Å². The van der Waals surface area contributed by atoms with E-state index in [0.29, 0.717) is 0 Å². The van der Waals surface area contributed by atoms with Crippen molar-refractivity contribution in [3.05, 3.63) is 47.7 Å². The molecule has 1 heteroatoms. The molecular formula is C13H21N. The maximum Gasteiger partial charge on any atom is 0.0296 e. The Morgan fingerprint density at radius 3 is 2.21 bits per heavy atom. The molecule has 1 nitrogen and oxygen atoms in total. The van der Waals surface area contributed by atoms with Crippen LogP contribution in [0.5, 0.6) is 0 Å². The van der Waals surface area contributed by atoms with Crippen LogP contribution in [0.4, 0.5) is 0 Å². The minimum absolute atomic E-state index is 0.978. The van der Waals surface area contributed by atoms with Gasteiger partial charge in [0.2, 0.25) is 0 Å². The summed E-state index contributed by atoms with van der Waals surface area (Å²) in [5.41, 5.74) is 4.79. The topological polar surface area (TPSA) is 12.0 Å². The average Bonchev–Trinajstić information content (AvgIpc) is 2.22. The highest BCUT2D eigenvalue weighted by Crippen LogP contribution is 2.20. The first kappa shape index (κ1) is 12.8. The van der Waals surface area contributed by atoms with Gasteiger partial charge in [0.25, 0.3) is 0 Å². The van der Waals surface area contributed by atoms with E-state index in [1.165, 1.54) is 16.7 Å². The van der Waals surface area contributed by atoms with Crippen LogP contribution < -0.4 is 5.32 Å². The maximum absolute atomic E-state index is 3.95. The highest BCUT2D eigenvalue weighted by atomic mass is 14.8. The Morgan fingerprint density at radius 2 is 1.86 bits per heavy atom. The van der Waals surface area contributed by atoms with Crippen molar-refractivity contribution >= 4 is 0 Å². The molecule has 0 bridgehead atoms. The molecule has 0 aromatic carbocycles. The van der Waals surface area contributed by atoms with Crippen LogP contribution in [0.1, 0.15) is 27.2 Å². The molecule has 0 saturated carbocycles. The van der Waals surface area contributed by atoms with Crippen molar-refractivity contribution in [3.63, 3.8) is 0 Å². The molecule has 0 rings (SSSR count). The molecule has 0 spiro atoms. The summed E-state index contributed by atoms with van der Waals surface area (Å²) in [7, 11) is 1.89. The maximum atomic E-state index is 3.95. The van der Waals surface area contributed by atoms with Crippen molar-refractivity contribution in [2.45, 2.75) is 27.2 Å². The van der Waals surface area contributed by atoms with Crippen LogP contribution >= 0.6 is 0 Å². The summed E-state index contributed by atoms with van der Waals surface area (Å²) in [6.07, 6.45) is 4.91. The largest absolute Gasteiger partial charge is 0.388 e. The van der Waals surface area contributed by atoms with Crippen molar-refractivity contribution in [3.8, 4) is 0 Å². The lowest BCUT2D eigenvalue weighted by atomic mass is 9.98. The first-order valence-electron chi connectivity index (χ1n) is 4.94. The Bertz CT molecular complexity index is 280. The molecule has 0 radical (unpaired) electrons. The monoisotopic (exact) mass is 191 g/mol. The summed E-state index contributed by atoms with van der Waals surface area (Å²) in [4.78, 5) is 0. The highest BCUT2D eigenvalue weighted by molar-refractivity contribution is 5.41. The van der Waals surface area contributed by atoms with Gasteiger partial charge in [-0.2, -0.15) is 0 Å². The molecule has 0 atom stereocenters. The van der Waals surface area contributed by atoms with Gasteiger partial charge < -0.3 is 5.32 Å². The lowest BCUT2D eigenvalue weighted by molar-refractivity contribution is 0.984. The van der Waals surface area contributed by atoms with Gasteiger partial charge in [0.15, 0.2) is 0 Å². The van der Waals surface area contributed by atoms with Gasteiger partial charge >= 0.3 is 0 Å². The van der Waals surface area contributed by atoms with Crippen molar-refractivity contribution in [2.75, 3.05) is 7.05 Å². The zero-order valence-electron chi connectivity index (χ0n) is 9.78. The summed E-state index contributed by atoms with van der Waals surface area (Å²) < 4.78 is 0. The van der Waals surface area contributed by atoms with Crippen LogP contribution in [-0.2, 0) is 0 Å². The van der Waals surface area contributed by atoms with E-state index in [2.05, 4.69) is 45.3 Å². The van der Waals surface area contributed by atoms with E-state index in [1.807, 2.05) is 13.1 Å². The predicted molar refractivity (Wildman–Crippen MR) is 65.1 cm³/mol. The second-order valence-corrected chi connectivity index (χ2v) is 3.26. The summed E-state index contributed by atoms with van der Waals surface area (Å²) in [6, 6.07) is 0. The number of hydrogen-bond acceptors (Lipinski definition) is 1. The summed E-state index contributed by atoms with van der Waals surface area (Å²) in [5.74, 6) is 0. The fourth-order valence-electron chi connectivity index (χ4n) is 1.30. The standard InChI is InChI=1S/C13H21N/c1-7-9-13(8-2)11(4)10(3)12(5)14-6/h7,9,14H,1,5,8H2,2-4,6H3/b11-10+,13-9-. The smallest absolute Gasteiger partial charge is 0.0296 e. The molecule has 0 amide bonds. The van der Waals surface area contributed by atoms with E-state index in [9.17, 15) is 0 Å². The minimum atomic E-state index is 0.978. The minimum Gasteiger partial charge on any atom is -0.388 e. The first-order chi connectivity index (χ1) is 6.58. The van der Waals surface area contributed by atoms with E-state index >= 15 is 0 Å². The fraction of sp³-hybridized carbons (Fsp3) is 0.385. The normalized spacial score (nSPS) is 13.3. The molecule has 1 N–H and O–H groups in total. The lowest BCUT2D eigenvalue weighted by Gasteiger charge is -2.12. The molecule has 0 fully saturated rings. The van der Waals surface area contributed by atoms with E-state index < -0.39 is 0 Å². The third-order valence-corrected chi connectivity index (χ3v) is 2.50. The molecule has 0 aliphatic heterocycles. The number of nitrogens with one attached hydrogen (secondary N) is 1. The van der Waals surface area contributed by atoms with Crippen LogP contribution in [0.25, 0.3) is 0 Å². The Hall–Kier alpha value is -1.24. The van der Waals surface area contributed by atoms with Gasteiger partial charge in [0, 0.05) is 12.7 Å². The molecular weight excluding hydrogens is 170 g/mol. The number of hydrogen-bond donors (Lipinski definition) is 1. The predicted octanol–water partition coefficient (Wildman–Crippen LogP) is 3.58. The van der Waals surface area contributed by atoms with Gasteiger partial charge in [-0.3, -0.25) is 0 Å². The molecule has 0 aromatic rings. The van der Waals surface area contributed by atoms with E-state index in [1.54, 1.807) is 0 Å². The molecule has 0 unspecified atom stereocenters. The Morgan fingerprint density at radius 1 is 1.29 bits per heavy atom. The second-order valence-electron chi connectivity index (χ2n) is 3.26. The lowest BCUT2D eigenvalue weighted by Crippen LogP contribution is -2.07. The van der Waals surface area contributed by atoms with Crippen molar-refractivity contribution < 1.29 is 0 Å². The molecule has 0 aliphatic carbocycles. The zero-order chi connectivity index (χ0) is 11.1. The third-order valence-electron chi connectivity index (χ3n) is 2.50. The Kier molecular flexibility index (Phi) is 5.70. The van der Waals surface area contributed by atoms with Crippen molar-refractivity contribution in [1.82, 2.24) is 5.32 Å². The second kappa shape index (κ2) is 6.25. The number of rotatable bonds is 5. The van der Waals surface area contributed by atoms with Crippen molar-refractivity contribution in [2.24, 2.45) is 0 Å². The number of allylic oxidation sites excluding steroid dienone is 5. The molecule has 14 heavy (non-hydrogen) atoms. The fourth-order valence-corrected chi connectivity index (χ4v) is 1.30. The molecule has 78 valence electrons. The van der Waals surface area contributed by atoms with E-state index in [4.69, 9.17) is 0 Å². The molecule has 0 aromatic heterocycles. The van der Waals surface area contributed by atoms with Gasteiger partial charge in [-0.1, -0.05) is 32.2 Å². The van der Waals surface area contributed by atoms with Crippen LogP contribution in [-0.4, -0.2) is 7.05 Å². The SMILES string of the molecule is C=C/C=C(CC)\C(C)=C(/C)C(=C)NC. The third kappa shape index (κ3) is 3.25. The Labute approximate surface area is 87.9 Å². The van der Waals surface area contributed by atoms with Gasteiger partial charge in [-0.15, -0.1) is 0 Å². The van der Waals surface area contributed by atoms with Crippen LogP contribution in [0.3, 0.4) is 0 Å². The zero-order valence-corrected chi connectivity index (χ0v) is 9.78. The summed E-state index contributed by atoms with van der Waals surface area (Å²) in [5, 5.41) is 3.06. The van der Waals surface area contributed by atoms with Crippen LogP contribution in [0.2, 0.25) is 0 Å². The Balaban J connectivity index is 5.05. The molecule has 0 heterocycles. The molecule has 0 saturated heterocycles. The van der Waals surface area contributed by atoms with Gasteiger partial charge in [-0.05, 0) is 37.0 Å². The highest BCUT2D eigenvalue weighted by Gasteiger charge is 2.03. The van der Waals surface area contributed by atoms with Gasteiger partial charge in [-0.25, -0.2) is 0 Å². The van der Waals surface area contributed by atoms with E-state index in [0.717, 1.165) is 12.1 Å². The average molecular weight is 191 g/mol. The quantitative estimate of drug-likeness (QED) is 0.655. The summed E-state index contributed by atoms with van der Waals surface area (Å²) >= 11 is 0. The molecule has 0 aliphatic rings. The first-order valence-corrected chi connectivity index (χ1v) is 4.94. The van der Waals surface area contributed by atoms with Crippen molar-refractivity contribution in [1.29, 1.82) is 0 Å². The van der Waals surface area contributed by atoms with Crippen LogP contribution in [0.15, 0.2) is 47.7 Å².